The van der Waals surface area contributed by atoms with Gasteiger partial charge in [0, 0.05) is 34.7 Å². The Morgan fingerprint density at radius 3 is 2.42 bits per heavy atom. The molecule has 0 radical (unpaired) electrons. The van der Waals surface area contributed by atoms with E-state index in [0.29, 0.717) is 11.0 Å². The van der Waals surface area contributed by atoms with Gasteiger partial charge in [-0.05, 0) is 42.6 Å². The second-order valence-corrected chi connectivity index (χ2v) is 8.80. The van der Waals surface area contributed by atoms with Crippen molar-refractivity contribution in [1.29, 1.82) is 0 Å². The van der Waals surface area contributed by atoms with Crippen molar-refractivity contribution in [2.45, 2.75) is 17.3 Å². The molecule has 0 aliphatic carbocycles. The first-order chi connectivity index (χ1) is 16.2. The molecule has 5 aromatic rings. The zero-order chi connectivity index (χ0) is 22.6. The van der Waals surface area contributed by atoms with E-state index in [2.05, 4.69) is 20.5 Å². The predicted molar refractivity (Wildman–Crippen MR) is 132 cm³/mol. The molecule has 33 heavy (non-hydrogen) atoms. The molecule has 2 aromatic heterocycles. The Balaban J connectivity index is 1.44. The summed E-state index contributed by atoms with van der Waals surface area (Å²) in [5.74, 6) is 0.609. The molecule has 6 nitrogen and oxygen atoms in total. The number of carbonyl (C=O) groups is 1. The molecule has 0 aliphatic heterocycles. The summed E-state index contributed by atoms with van der Waals surface area (Å²) in [6.07, 6.45) is 3.46. The quantitative estimate of drug-likeness (QED) is 0.340. The lowest BCUT2D eigenvalue weighted by atomic mass is 10.1. The summed E-state index contributed by atoms with van der Waals surface area (Å²) >= 11 is 1.37. The van der Waals surface area contributed by atoms with Gasteiger partial charge >= 0.3 is 0 Å². The zero-order valence-electron chi connectivity index (χ0n) is 17.9. The van der Waals surface area contributed by atoms with E-state index < -0.39 is 0 Å². The Morgan fingerprint density at radius 1 is 0.879 bits per heavy atom. The monoisotopic (exact) mass is 451 g/mol. The number of fused-ring (bicyclic) bond motifs is 1. The third-order valence-corrected chi connectivity index (χ3v) is 6.33. The summed E-state index contributed by atoms with van der Waals surface area (Å²) in [7, 11) is 0. The van der Waals surface area contributed by atoms with Gasteiger partial charge in [0.05, 0.1) is 5.25 Å². The topological polar surface area (TPSA) is 72.7 Å². The number of nitrogens with zero attached hydrogens (tertiary/aromatic N) is 4. The van der Waals surface area contributed by atoms with E-state index in [1.54, 1.807) is 12.4 Å². The molecule has 5 rings (SSSR count). The minimum Gasteiger partial charge on any atom is -0.325 e. The molecule has 3 aromatic carbocycles. The SMILES string of the molecule is CC(Sc1nnc(-c2ccncc2)n1-c1ccccc1)C(=O)Nc1cccc2ccccc12. The highest BCUT2D eigenvalue weighted by molar-refractivity contribution is 8.00. The molecular weight excluding hydrogens is 430 g/mol. The maximum Gasteiger partial charge on any atom is 0.237 e. The van der Waals surface area contributed by atoms with E-state index in [1.165, 1.54) is 11.8 Å². The first-order valence-corrected chi connectivity index (χ1v) is 11.5. The molecule has 7 heteroatoms. The van der Waals surface area contributed by atoms with Crippen molar-refractivity contribution >= 4 is 34.1 Å². The molecule has 0 saturated heterocycles. The number of carbonyl (C=O) groups excluding carboxylic acids is 1. The van der Waals surface area contributed by atoms with Crippen LogP contribution in [0.3, 0.4) is 0 Å². The van der Waals surface area contributed by atoms with Crippen molar-refractivity contribution in [3.63, 3.8) is 0 Å². The van der Waals surface area contributed by atoms with Gasteiger partial charge in [-0.25, -0.2) is 0 Å². The normalized spacial score (nSPS) is 11.9. The number of rotatable bonds is 6. The Morgan fingerprint density at radius 2 is 1.61 bits per heavy atom. The Bertz CT molecular complexity index is 1400. The number of amides is 1. The van der Waals surface area contributed by atoms with E-state index in [-0.39, 0.29) is 11.2 Å². The van der Waals surface area contributed by atoms with E-state index in [1.807, 2.05) is 96.4 Å². The van der Waals surface area contributed by atoms with Crippen LogP contribution in [0.4, 0.5) is 5.69 Å². The van der Waals surface area contributed by atoms with Gasteiger partial charge in [0.25, 0.3) is 0 Å². The maximum atomic E-state index is 13.1. The molecule has 1 amide bonds. The second-order valence-electron chi connectivity index (χ2n) is 7.49. The minimum atomic E-state index is -0.388. The summed E-state index contributed by atoms with van der Waals surface area (Å²) < 4.78 is 1.97. The lowest BCUT2D eigenvalue weighted by Gasteiger charge is -2.15. The number of hydrogen-bond donors (Lipinski definition) is 1. The molecule has 0 saturated carbocycles. The molecule has 0 aliphatic rings. The highest BCUT2D eigenvalue weighted by Crippen LogP contribution is 2.31. The standard InChI is InChI=1S/C26H21N5OS/c1-18(25(32)28-23-13-7-9-19-8-5-6-12-22(19)23)33-26-30-29-24(20-14-16-27-17-15-20)31(26)21-10-3-2-4-11-21/h2-18H,1H3,(H,28,32). The molecule has 0 fully saturated rings. The van der Waals surface area contributed by atoms with Gasteiger partial charge < -0.3 is 5.32 Å². The van der Waals surface area contributed by atoms with Crippen LogP contribution in [0.15, 0.2) is 102 Å². The average Bonchev–Trinajstić information content (AvgIpc) is 3.28. The van der Waals surface area contributed by atoms with Crippen LogP contribution < -0.4 is 5.32 Å². The van der Waals surface area contributed by atoms with Crippen LogP contribution in [0, 0.1) is 0 Å². The molecule has 0 spiro atoms. The molecular formula is C26H21N5OS. The van der Waals surface area contributed by atoms with Crippen molar-refractivity contribution in [2.75, 3.05) is 5.32 Å². The van der Waals surface area contributed by atoms with Crippen LogP contribution in [-0.4, -0.2) is 30.9 Å². The smallest absolute Gasteiger partial charge is 0.237 e. The molecule has 162 valence electrons. The fourth-order valence-corrected chi connectivity index (χ4v) is 4.49. The third-order valence-electron chi connectivity index (χ3n) is 5.29. The highest BCUT2D eigenvalue weighted by Gasteiger charge is 2.22. The number of pyridine rings is 1. The van der Waals surface area contributed by atoms with E-state index in [4.69, 9.17) is 0 Å². The van der Waals surface area contributed by atoms with Gasteiger partial charge in [0.2, 0.25) is 5.91 Å². The van der Waals surface area contributed by atoms with Crippen molar-refractivity contribution < 1.29 is 4.79 Å². The van der Waals surface area contributed by atoms with Gasteiger partial charge in [-0.3, -0.25) is 14.3 Å². The number of hydrogen-bond acceptors (Lipinski definition) is 5. The van der Waals surface area contributed by atoms with Gasteiger partial charge in [0.1, 0.15) is 0 Å². The lowest BCUT2D eigenvalue weighted by Crippen LogP contribution is -2.23. The Kier molecular flexibility index (Phi) is 5.87. The van der Waals surface area contributed by atoms with Gasteiger partial charge in [-0.2, -0.15) is 0 Å². The molecule has 1 N–H and O–H groups in total. The molecule has 1 unspecified atom stereocenters. The summed E-state index contributed by atoms with van der Waals surface area (Å²) in [5.41, 5.74) is 2.63. The van der Waals surface area contributed by atoms with Crippen molar-refractivity contribution in [3.05, 3.63) is 97.3 Å². The van der Waals surface area contributed by atoms with Crippen LogP contribution in [0.2, 0.25) is 0 Å². The minimum absolute atomic E-state index is 0.0931. The number of nitrogens with one attached hydrogen (secondary N) is 1. The maximum absolute atomic E-state index is 13.1. The highest BCUT2D eigenvalue weighted by atomic mass is 32.2. The fourth-order valence-electron chi connectivity index (χ4n) is 3.62. The number of benzene rings is 3. The lowest BCUT2D eigenvalue weighted by molar-refractivity contribution is -0.115. The van der Waals surface area contributed by atoms with Crippen LogP contribution in [-0.2, 0) is 4.79 Å². The van der Waals surface area contributed by atoms with Crippen molar-refractivity contribution in [2.24, 2.45) is 0 Å². The van der Waals surface area contributed by atoms with Gasteiger partial charge in [-0.15, -0.1) is 10.2 Å². The second kappa shape index (κ2) is 9.26. The van der Waals surface area contributed by atoms with Crippen LogP contribution >= 0.6 is 11.8 Å². The summed E-state index contributed by atoms with van der Waals surface area (Å²) in [6.45, 7) is 1.88. The van der Waals surface area contributed by atoms with Gasteiger partial charge in [0.15, 0.2) is 11.0 Å². The third kappa shape index (κ3) is 4.36. The summed E-state index contributed by atoms with van der Waals surface area (Å²) in [6, 6.07) is 27.6. The number of aromatic nitrogens is 4. The Hall–Kier alpha value is -3.97. The molecule has 2 heterocycles. The summed E-state index contributed by atoms with van der Waals surface area (Å²) in [5, 5.41) is 14.3. The van der Waals surface area contributed by atoms with E-state index in [0.717, 1.165) is 27.7 Å². The van der Waals surface area contributed by atoms with Crippen molar-refractivity contribution in [1.82, 2.24) is 19.7 Å². The first-order valence-electron chi connectivity index (χ1n) is 10.6. The van der Waals surface area contributed by atoms with E-state index in [9.17, 15) is 4.79 Å². The predicted octanol–water partition coefficient (Wildman–Crippen LogP) is 5.60. The number of anilines is 1. The van der Waals surface area contributed by atoms with Crippen LogP contribution in [0.25, 0.3) is 27.8 Å². The van der Waals surface area contributed by atoms with Crippen molar-refractivity contribution in [3.8, 4) is 17.1 Å². The zero-order valence-corrected chi connectivity index (χ0v) is 18.7. The largest absolute Gasteiger partial charge is 0.325 e. The number of thioether (sulfide) groups is 1. The molecule has 0 bridgehead atoms. The number of para-hydroxylation sites is 1. The van der Waals surface area contributed by atoms with E-state index >= 15 is 0 Å². The first kappa shape index (κ1) is 20.9. The summed E-state index contributed by atoms with van der Waals surface area (Å²) in [4.78, 5) is 17.2. The molecule has 1 atom stereocenters. The fraction of sp³-hybridized carbons (Fsp3) is 0.0769. The van der Waals surface area contributed by atoms with Crippen LogP contribution in [0.1, 0.15) is 6.92 Å². The van der Waals surface area contributed by atoms with Crippen LogP contribution in [0.5, 0.6) is 0 Å². The Labute approximate surface area is 195 Å². The van der Waals surface area contributed by atoms with Gasteiger partial charge in [-0.1, -0.05) is 66.4 Å². The average molecular weight is 452 g/mol.